The van der Waals surface area contributed by atoms with Gasteiger partial charge in [-0.15, -0.1) is 0 Å². The molecule has 0 aliphatic rings. The van der Waals surface area contributed by atoms with Gasteiger partial charge in [0.05, 0.1) is 0 Å². The first-order valence-corrected chi connectivity index (χ1v) is 43.4. The molecule has 0 heterocycles. The van der Waals surface area contributed by atoms with Gasteiger partial charge in [0.2, 0.25) is 0 Å². The highest BCUT2D eigenvalue weighted by atomic mass is 16.3. The molecule has 1 atom stereocenters. The van der Waals surface area contributed by atoms with E-state index >= 15 is 0 Å². The second kappa shape index (κ2) is 67.8. The lowest BCUT2D eigenvalue weighted by Crippen LogP contribution is -1.97. The summed E-state index contributed by atoms with van der Waals surface area (Å²) >= 11 is 0. The third-order valence-electron chi connectivity index (χ3n) is 21.4. The molecule has 0 aromatic carbocycles. The average Bonchev–Trinajstić information content (AvgIpc) is 1.25. The number of hydrogen-bond acceptors (Lipinski definition) is 1. The summed E-state index contributed by atoms with van der Waals surface area (Å²) in [6, 6.07) is 0. The molecule has 0 aliphatic heterocycles. The number of rotatable bonds is 62. The Morgan fingerprint density at radius 2 is 0.264 bits per heavy atom. The smallest absolute Gasteiger partial charge is 0.0433 e. The zero-order valence-electron chi connectivity index (χ0n) is 74.3. The molecule has 0 spiro atoms. The van der Waals surface area contributed by atoms with Gasteiger partial charge >= 0.3 is 0 Å². The highest BCUT2D eigenvalue weighted by molar-refractivity contribution is 5.16. The van der Waals surface area contributed by atoms with E-state index in [2.05, 4.69) is 274 Å². The molecular weight excluding hydrogens is 1280 g/mol. The Bertz CT molecular complexity index is 3030. The number of aliphatic hydroxyl groups excluding tert-OH is 1. The van der Waals surface area contributed by atoms with Crippen LogP contribution in [0.15, 0.2) is 233 Å². The van der Waals surface area contributed by atoms with Crippen molar-refractivity contribution in [2.75, 3.05) is 6.61 Å². The Labute approximate surface area is 662 Å². The predicted octanol–water partition coefficient (Wildman–Crippen LogP) is 35.6. The van der Waals surface area contributed by atoms with E-state index in [0.717, 1.165) is 135 Å². The minimum Gasteiger partial charge on any atom is -0.396 e. The predicted molar refractivity (Wildman–Crippen MR) is 486 cm³/mol. The van der Waals surface area contributed by atoms with Gasteiger partial charge in [-0.25, -0.2) is 0 Å². The van der Waals surface area contributed by atoms with Crippen molar-refractivity contribution in [2.24, 2.45) is 5.92 Å². The first kappa shape index (κ1) is 101. The van der Waals surface area contributed by atoms with Gasteiger partial charge in [0.15, 0.2) is 0 Å². The summed E-state index contributed by atoms with van der Waals surface area (Å²) in [6.07, 6.45) is 96.6. The summed E-state index contributed by atoms with van der Waals surface area (Å²) in [6.45, 7) is 50.9. The molecule has 1 nitrogen and oxygen atoms in total. The van der Waals surface area contributed by atoms with Crippen molar-refractivity contribution in [1.82, 2.24) is 0 Å². The van der Waals surface area contributed by atoms with Crippen LogP contribution in [-0.4, -0.2) is 11.7 Å². The Morgan fingerprint density at radius 3 is 0.368 bits per heavy atom. The van der Waals surface area contributed by atoms with Crippen molar-refractivity contribution in [3.05, 3.63) is 233 Å². The zero-order valence-corrected chi connectivity index (χ0v) is 74.3. The number of allylic oxidation sites excluding steroid dienone is 40. The van der Waals surface area contributed by atoms with E-state index in [-0.39, 0.29) is 0 Å². The van der Waals surface area contributed by atoms with Crippen molar-refractivity contribution >= 4 is 0 Å². The molecule has 0 radical (unpaired) electrons. The fourth-order valence-corrected chi connectivity index (χ4v) is 13.3. The summed E-state index contributed by atoms with van der Waals surface area (Å²) < 4.78 is 0. The van der Waals surface area contributed by atoms with Gasteiger partial charge in [0, 0.05) is 6.61 Å². The molecule has 1 N–H and O–H groups in total. The molecule has 0 saturated carbocycles. The molecule has 0 fully saturated rings. The van der Waals surface area contributed by atoms with Crippen LogP contribution in [0.2, 0.25) is 0 Å². The molecule has 1 heteroatoms. The standard InChI is InChI=1S/C105H172O/c1-85(2)43-23-44-86(3)45-24-46-87(4)47-25-48-88(5)49-26-50-89(6)51-27-52-90(7)53-28-54-91(8)55-29-56-92(9)57-30-58-93(10)59-31-60-94(11)61-32-62-95(12)63-33-64-96(13)65-34-66-97(14)67-35-68-98(15)69-36-70-99(16)71-37-72-100(17)73-38-74-101(18)75-39-76-102(19)77-40-78-103(20)79-41-80-104(21)81-42-82-105(22)83-84-106/h43,45,47,49,51,53,55,57,59,61,63,65,67,69,71,73,75,77,79,81,105-106H,23-42,44,46,48,50,52,54,56,58,60,62,64,66,68,70,72,74,76,78,80,82-84H2,1-22H3. The van der Waals surface area contributed by atoms with Gasteiger partial charge in [0.25, 0.3) is 0 Å². The van der Waals surface area contributed by atoms with E-state index in [1.54, 1.807) is 0 Å². The van der Waals surface area contributed by atoms with E-state index in [1.165, 1.54) is 240 Å². The fraction of sp³-hybridized carbons (Fsp3) is 0.619. The van der Waals surface area contributed by atoms with Crippen LogP contribution in [0.1, 0.15) is 416 Å². The van der Waals surface area contributed by atoms with E-state index in [4.69, 9.17) is 5.11 Å². The second-order valence-corrected chi connectivity index (χ2v) is 33.7. The minimum atomic E-state index is 0.308. The van der Waals surface area contributed by atoms with Crippen molar-refractivity contribution in [2.45, 2.75) is 416 Å². The summed E-state index contributed by atoms with van der Waals surface area (Å²) in [4.78, 5) is 0. The van der Waals surface area contributed by atoms with E-state index in [0.29, 0.717) is 12.5 Å². The molecule has 0 rings (SSSR count). The van der Waals surface area contributed by atoms with Crippen LogP contribution in [0.3, 0.4) is 0 Å². The molecule has 0 amide bonds. The summed E-state index contributed by atoms with van der Waals surface area (Å²) in [5.41, 5.74) is 30.4. The quantitative estimate of drug-likeness (QED) is 0.0602. The Morgan fingerprint density at radius 1 is 0.160 bits per heavy atom. The molecule has 0 aliphatic carbocycles. The Hall–Kier alpha value is -5.24. The van der Waals surface area contributed by atoms with Gasteiger partial charge in [-0.05, 0) is 415 Å². The van der Waals surface area contributed by atoms with Gasteiger partial charge < -0.3 is 5.11 Å². The molecule has 1 unspecified atom stereocenters. The molecule has 0 aromatic heterocycles. The van der Waals surface area contributed by atoms with Crippen molar-refractivity contribution in [3.63, 3.8) is 0 Å². The molecule has 598 valence electrons. The highest BCUT2D eigenvalue weighted by Crippen LogP contribution is 2.24. The van der Waals surface area contributed by atoms with Crippen LogP contribution in [0.5, 0.6) is 0 Å². The third-order valence-corrected chi connectivity index (χ3v) is 21.4. The maximum atomic E-state index is 9.12. The fourth-order valence-electron chi connectivity index (χ4n) is 13.3. The molecule has 0 bridgehead atoms. The van der Waals surface area contributed by atoms with E-state index in [9.17, 15) is 0 Å². The van der Waals surface area contributed by atoms with E-state index < -0.39 is 0 Å². The summed E-state index contributed by atoms with van der Waals surface area (Å²) in [7, 11) is 0. The van der Waals surface area contributed by atoms with Gasteiger partial charge in [-0.1, -0.05) is 240 Å². The van der Waals surface area contributed by atoms with Gasteiger partial charge in [-0.2, -0.15) is 0 Å². The van der Waals surface area contributed by atoms with Crippen LogP contribution >= 0.6 is 0 Å². The normalized spacial score (nSPS) is 15.5. The minimum absolute atomic E-state index is 0.308. The van der Waals surface area contributed by atoms with Gasteiger partial charge in [0.1, 0.15) is 0 Å². The largest absolute Gasteiger partial charge is 0.396 e. The van der Waals surface area contributed by atoms with E-state index in [1.807, 2.05) is 0 Å². The Kier molecular flexibility index (Phi) is 64.5. The SMILES string of the molecule is CC(C)=CCCC(C)=CCCC(C)=CCCC(C)=CCCC(C)=CCCC(C)=CCCC(C)=CCCC(C)=CCCC(C)=CCCC(C)=CCCC(C)=CCCC(C)=CCCC(C)=CCCC(C)=CCCC(C)=CCCC(C)=CCCC(C)=CCCC(C)=CCCC(C)=CCCC(C)=CCCC(C)CCO. The monoisotopic (exact) mass is 1450 g/mol. The topological polar surface area (TPSA) is 20.2 Å². The first-order chi connectivity index (χ1) is 50.6. The average molecular weight is 1450 g/mol. The maximum absolute atomic E-state index is 9.12. The summed E-state index contributed by atoms with van der Waals surface area (Å²) in [5.74, 6) is 0.610. The van der Waals surface area contributed by atoms with Crippen molar-refractivity contribution in [3.8, 4) is 0 Å². The molecule has 0 aromatic rings. The third kappa shape index (κ3) is 68.1. The molecule has 0 saturated heterocycles. The molecular formula is C105H172O. The lowest BCUT2D eigenvalue weighted by molar-refractivity contribution is 0.259. The maximum Gasteiger partial charge on any atom is 0.0433 e. The lowest BCUT2D eigenvalue weighted by Gasteiger charge is -2.07. The highest BCUT2D eigenvalue weighted by Gasteiger charge is 2.04. The number of hydrogen-bond donors (Lipinski definition) is 1. The van der Waals surface area contributed by atoms with Crippen LogP contribution in [0, 0.1) is 5.92 Å². The van der Waals surface area contributed by atoms with Crippen LogP contribution in [0.25, 0.3) is 0 Å². The first-order valence-electron chi connectivity index (χ1n) is 43.4. The van der Waals surface area contributed by atoms with Crippen molar-refractivity contribution in [1.29, 1.82) is 0 Å². The lowest BCUT2D eigenvalue weighted by atomic mass is 10.0. The van der Waals surface area contributed by atoms with Crippen LogP contribution in [-0.2, 0) is 0 Å². The van der Waals surface area contributed by atoms with Crippen LogP contribution < -0.4 is 0 Å². The zero-order chi connectivity index (χ0) is 79.0. The van der Waals surface area contributed by atoms with Crippen molar-refractivity contribution < 1.29 is 5.11 Å². The van der Waals surface area contributed by atoms with Gasteiger partial charge in [-0.3, -0.25) is 0 Å². The Balaban J connectivity index is 4.36. The summed E-state index contributed by atoms with van der Waals surface area (Å²) in [5, 5.41) is 9.12. The number of aliphatic hydroxyl groups is 1. The second-order valence-electron chi connectivity index (χ2n) is 33.7. The molecule has 106 heavy (non-hydrogen) atoms. The van der Waals surface area contributed by atoms with Crippen LogP contribution in [0.4, 0.5) is 0 Å².